The van der Waals surface area contributed by atoms with Crippen LogP contribution >= 0.6 is 11.8 Å². The average molecular weight is 454 g/mol. The van der Waals surface area contributed by atoms with Gasteiger partial charge in [0.15, 0.2) is 10.9 Å². The number of rotatable bonds is 7. The molecule has 0 atom stereocenters. The van der Waals surface area contributed by atoms with Crippen LogP contribution in [0.3, 0.4) is 0 Å². The zero-order valence-electron chi connectivity index (χ0n) is 17.4. The molecule has 1 aliphatic rings. The molecule has 0 bridgehead atoms. The maximum atomic E-state index is 12.8. The molecule has 8 heteroatoms. The molecular weight excluding hydrogens is 430 g/mol. The van der Waals surface area contributed by atoms with Crippen molar-refractivity contribution in [3.05, 3.63) is 71.4 Å². The lowest BCUT2D eigenvalue weighted by Crippen LogP contribution is -2.30. The van der Waals surface area contributed by atoms with Gasteiger partial charge >= 0.3 is 0 Å². The molecule has 3 aromatic rings. The summed E-state index contributed by atoms with van der Waals surface area (Å²) in [6, 6.07) is 17.1. The zero-order chi connectivity index (χ0) is 22.0. The lowest BCUT2D eigenvalue weighted by atomic mass is 10.1. The van der Waals surface area contributed by atoms with Crippen molar-refractivity contribution in [1.82, 2.24) is 9.97 Å². The number of Topliss-reactive ketones (excluding diaryl/α,β-unsaturated/α-hetero) is 1. The Morgan fingerprint density at radius 3 is 2.61 bits per heavy atom. The number of hydrogen-bond donors (Lipinski definition) is 0. The first-order valence-electron chi connectivity index (χ1n) is 10.1. The fourth-order valence-electron chi connectivity index (χ4n) is 3.57. The number of benzene rings is 2. The van der Waals surface area contributed by atoms with Crippen molar-refractivity contribution in [3.63, 3.8) is 0 Å². The molecular formula is C23H23N3O3S2. The number of sulfonamides is 1. The summed E-state index contributed by atoms with van der Waals surface area (Å²) in [5.41, 5.74) is 4.84. The monoisotopic (exact) mass is 453 g/mol. The van der Waals surface area contributed by atoms with E-state index in [0.717, 1.165) is 22.5 Å². The highest BCUT2D eigenvalue weighted by molar-refractivity contribution is 7.99. The van der Waals surface area contributed by atoms with Gasteiger partial charge in [-0.1, -0.05) is 42.1 Å². The molecule has 0 fully saturated rings. The number of fused-ring (bicyclic) bond motifs is 1. The molecule has 0 amide bonds. The van der Waals surface area contributed by atoms with Gasteiger partial charge in [0.2, 0.25) is 10.0 Å². The van der Waals surface area contributed by atoms with Gasteiger partial charge in [0.05, 0.1) is 22.9 Å². The summed E-state index contributed by atoms with van der Waals surface area (Å²) < 4.78 is 25.9. The van der Waals surface area contributed by atoms with Crippen LogP contribution in [0.15, 0.2) is 59.8 Å². The van der Waals surface area contributed by atoms with E-state index in [1.54, 1.807) is 19.1 Å². The Morgan fingerprint density at radius 2 is 1.87 bits per heavy atom. The van der Waals surface area contributed by atoms with Crippen molar-refractivity contribution in [2.75, 3.05) is 22.4 Å². The van der Waals surface area contributed by atoms with E-state index in [1.165, 1.54) is 16.1 Å². The topological polar surface area (TPSA) is 80.2 Å². The Morgan fingerprint density at radius 1 is 1.10 bits per heavy atom. The SMILES string of the molecule is CCS(=O)(=O)N1CCc2cc(C(=O)CSc3nc(C)cc(-c4ccccc4)n3)ccc21. The van der Waals surface area contributed by atoms with Crippen LogP contribution in [0, 0.1) is 6.92 Å². The molecule has 0 radical (unpaired) electrons. The van der Waals surface area contributed by atoms with Gasteiger partial charge in [0.25, 0.3) is 0 Å². The molecule has 160 valence electrons. The van der Waals surface area contributed by atoms with Crippen molar-refractivity contribution < 1.29 is 13.2 Å². The molecule has 0 saturated carbocycles. The molecule has 1 aliphatic heterocycles. The van der Waals surface area contributed by atoms with E-state index in [9.17, 15) is 13.2 Å². The average Bonchev–Trinajstić information content (AvgIpc) is 3.22. The number of aromatic nitrogens is 2. The highest BCUT2D eigenvalue weighted by Gasteiger charge is 2.28. The van der Waals surface area contributed by atoms with Crippen LogP contribution in [0.5, 0.6) is 0 Å². The molecule has 31 heavy (non-hydrogen) atoms. The first-order chi connectivity index (χ1) is 14.9. The lowest BCUT2D eigenvalue weighted by Gasteiger charge is -2.18. The molecule has 0 unspecified atom stereocenters. The second kappa shape index (κ2) is 8.80. The number of nitrogens with zero attached hydrogens (tertiary/aromatic N) is 3. The van der Waals surface area contributed by atoms with Crippen LogP contribution in [0.4, 0.5) is 5.69 Å². The Bertz CT molecular complexity index is 1230. The van der Waals surface area contributed by atoms with Crippen molar-refractivity contribution in [3.8, 4) is 11.3 Å². The van der Waals surface area contributed by atoms with E-state index in [4.69, 9.17) is 0 Å². The minimum Gasteiger partial charge on any atom is -0.293 e. The third kappa shape index (κ3) is 4.65. The summed E-state index contributed by atoms with van der Waals surface area (Å²) in [6.45, 7) is 3.98. The van der Waals surface area contributed by atoms with Crippen LogP contribution < -0.4 is 4.31 Å². The number of anilines is 1. The predicted octanol–water partition coefficient (Wildman–Crippen LogP) is 4.14. The minimum absolute atomic E-state index is 0.0315. The van der Waals surface area contributed by atoms with Gasteiger partial charge < -0.3 is 0 Å². The van der Waals surface area contributed by atoms with E-state index in [-0.39, 0.29) is 17.3 Å². The molecule has 0 aliphatic carbocycles. The van der Waals surface area contributed by atoms with Gasteiger partial charge in [-0.05, 0) is 50.1 Å². The highest BCUT2D eigenvalue weighted by atomic mass is 32.2. The standard InChI is InChI=1S/C23H23N3O3S2/c1-3-31(28,29)26-12-11-18-14-19(9-10-21(18)26)22(27)15-30-23-24-16(2)13-20(25-23)17-7-5-4-6-8-17/h4-10,13-14H,3,11-12,15H2,1-2H3. The van der Waals surface area contributed by atoms with Gasteiger partial charge in [0, 0.05) is 23.4 Å². The number of carbonyl (C=O) groups excluding carboxylic acids is 1. The number of hydrogen-bond acceptors (Lipinski definition) is 6. The Balaban J connectivity index is 1.49. The molecule has 0 saturated heterocycles. The summed E-state index contributed by atoms with van der Waals surface area (Å²) in [4.78, 5) is 21.8. The minimum atomic E-state index is -3.29. The second-order valence-corrected chi connectivity index (χ2v) is 10.4. The first-order valence-corrected chi connectivity index (χ1v) is 12.7. The fraction of sp³-hybridized carbons (Fsp3) is 0.261. The Hall–Kier alpha value is -2.71. The van der Waals surface area contributed by atoms with Gasteiger partial charge in [0.1, 0.15) is 0 Å². The third-order valence-electron chi connectivity index (χ3n) is 5.19. The van der Waals surface area contributed by atoms with Crippen LogP contribution in [0.2, 0.25) is 0 Å². The molecule has 2 heterocycles. The second-order valence-electron chi connectivity index (χ2n) is 7.32. The highest BCUT2D eigenvalue weighted by Crippen LogP contribution is 2.32. The molecule has 4 rings (SSSR count). The van der Waals surface area contributed by atoms with E-state index in [2.05, 4.69) is 9.97 Å². The van der Waals surface area contributed by atoms with Crippen molar-refractivity contribution >= 4 is 33.3 Å². The summed E-state index contributed by atoms with van der Waals surface area (Å²) >= 11 is 1.31. The zero-order valence-corrected chi connectivity index (χ0v) is 19.0. The quantitative estimate of drug-likeness (QED) is 0.304. The van der Waals surface area contributed by atoms with E-state index in [1.807, 2.05) is 49.4 Å². The lowest BCUT2D eigenvalue weighted by molar-refractivity contribution is 0.102. The first kappa shape index (κ1) is 21.5. The number of carbonyl (C=O) groups is 1. The predicted molar refractivity (Wildman–Crippen MR) is 124 cm³/mol. The summed E-state index contributed by atoms with van der Waals surface area (Å²) in [5.74, 6) is 0.245. The number of thioether (sulfide) groups is 1. The fourth-order valence-corrected chi connectivity index (χ4v) is 5.52. The third-order valence-corrected chi connectivity index (χ3v) is 7.82. The largest absolute Gasteiger partial charge is 0.293 e. The smallest absolute Gasteiger partial charge is 0.234 e. The maximum Gasteiger partial charge on any atom is 0.234 e. The molecule has 1 aromatic heterocycles. The summed E-state index contributed by atoms with van der Waals surface area (Å²) in [7, 11) is -3.29. The Kier molecular flexibility index (Phi) is 6.11. The van der Waals surface area contributed by atoms with Gasteiger partial charge in [-0.25, -0.2) is 18.4 Å². The van der Waals surface area contributed by atoms with Crippen LogP contribution in [0.1, 0.15) is 28.5 Å². The van der Waals surface area contributed by atoms with E-state index in [0.29, 0.717) is 29.4 Å². The van der Waals surface area contributed by atoms with E-state index >= 15 is 0 Å². The van der Waals surface area contributed by atoms with Gasteiger partial charge in [-0.3, -0.25) is 9.10 Å². The van der Waals surface area contributed by atoms with Crippen LogP contribution in [-0.4, -0.2) is 42.2 Å². The number of aryl methyl sites for hydroxylation is 1. The van der Waals surface area contributed by atoms with Gasteiger partial charge in [-0.2, -0.15) is 0 Å². The van der Waals surface area contributed by atoms with E-state index < -0.39 is 10.0 Å². The molecule has 0 N–H and O–H groups in total. The van der Waals surface area contributed by atoms with Crippen LogP contribution in [-0.2, 0) is 16.4 Å². The number of ketones is 1. The van der Waals surface area contributed by atoms with Crippen LogP contribution in [0.25, 0.3) is 11.3 Å². The molecule has 2 aromatic carbocycles. The normalized spacial score (nSPS) is 13.3. The molecule has 6 nitrogen and oxygen atoms in total. The summed E-state index contributed by atoms with van der Waals surface area (Å²) in [5, 5.41) is 0.563. The van der Waals surface area contributed by atoms with Crippen molar-refractivity contribution in [2.45, 2.75) is 25.4 Å². The van der Waals surface area contributed by atoms with Crippen molar-refractivity contribution in [1.29, 1.82) is 0 Å². The Labute approximate surface area is 186 Å². The van der Waals surface area contributed by atoms with Gasteiger partial charge in [-0.15, -0.1) is 0 Å². The summed E-state index contributed by atoms with van der Waals surface area (Å²) in [6.07, 6.45) is 0.615. The molecule has 0 spiro atoms. The van der Waals surface area contributed by atoms with Crippen molar-refractivity contribution in [2.24, 2.45) is 0 Å². The maximum absolute atomic E-state index is 12.8.